The first-order valence-electron chi connectivity index (χ1n) is 5.15. The van der Waals surface area contributed by atoms with Gasteiger partial charge in [-0.3, -0.25) is 0 Å². The molecule has 0 aliphatic heterocycles. The van der Waals surface area contributed by atoms with Gasteiger partial charge in [0.15, 0.2) is 0 Å². The molecule has 0 spiro atoms. The number of hydrogen-bond acceptors (Lipinski definition) is 2. The zero-order valence-corrected chi connectivity index (χ0v) is 10.5. The highest BCUT2D eigenvalue weighted by Crippen LogP contribution is 2.15. The van der Waals surface area contributed by atoms with Crippen LogP contribution < -0.4 is 4.72 Å². The van der Waals surface area contributed by atoms with Gasteiger partial charge in [0.1, 0.15) is 0 Å². The fourth-order valence-electron chi connectivity index (χ4n) is 1.47. The first-order chi connectivity index (χ1) is 7.47. The van der Waals surface area contributed by atoms with Crippen molar-refractivity contribution in [2.45, 2.75) is 25.2 Å². The molecule has 0 unspecified atom stereocenters. The van der Waals surface area contributed by atoms with Gasteiger partial charge in [0, 0.05) is 6.54 Å². The van der Waals surface area contributed by atoms with Gasteiger partial charge in [-0.1, -0.05) is 23.8 Å². The van der Waals surface area contributed by atoms with Crippen molar-refractivity contribution >= 4 is 10.0 Å². The van der Waals surface area contributed by atoms with E-state index in [-0.39, 0.29) is 0 Å². The Bertz CT molecular complexity index is 478. The average molecular weight is 239 g/mol. The van der Waals surface area contributed by atoms with Crippen molar-refractivity contribution in [2.24, 2.45) is 0 Å². The summed E-state index contributed by atoms with van der Waals surface area (Å²) >= 11 is 0. The van der Waals surface area contributed by atoms with Gasteiger partial charge in [-0.25, -0.2) is 13.1 Å². The summed E-state index contributed by atoms with van der Waals surface area (Å²) in [7, 11) is -3.38. The molecule has 3 nitrogen and oxygen atoms in total. The van der Waals surface area contributed by atoms with Crippen molar-refractivity contribution in [1.29, 1.82) is 0 Å². The molecule has 0 aliphatic carbocycles. The summed E-state index contributed by atoms with van der Waals surface area (Å²) in [4.78, 5) is 0.349. The number of rotatable bonds is 5. The Hall–Kier alpha value is -1.13. The van der Waals surface area contributed by atoms with Crippen molar-refractivity contribution in [2.75, 3.05) is 6.54 Å². The lowest BCUT2D eigenvalue weighted by molar-refractivity contribution is 0.581. The Labute approximate surface area is 97.2 Å². The van der Waals surface area contributed by atoms with Crippen molar-refractivity contribution < 1.29 is 8.42 Å². The first kappa shape index (κ1) is 12.9. The minimum absolute atomic E-state index is 0.349. The Morgan fingerprint density at radius 1 is 1.38 bits per heavy atom. The monoisotopic (exact) mass is 239 g/mol. The Morgan fingerprint density at radius 3 is 2.62 bits per heavy atom. The third-order valence-electron chi connectivity index (χ3n) is 2.26. The van der Waals surface area contributed by atoms with Crippen LogP contribution in [0.5, 0.6) is 0 Å². The molecule has 0 bridgehead atoms. The quantitative estimate of drug-likeness (QED) is 0.632. The van der Waals surface area contributed by atoms with E-state index in [1.165, 1.54) is 0 Å². The Balaban J connectivity index is 2.94. The minimum atomic E-state index is -3.38. The highest BCUT2D eigenvalue weighted by molar-refractivity contribution is 7.89. The molecule has 0 radical (unpaired) electrons. The van der Waals surface area contributed by atoms with Gasteiger partial charge < -0.3 is 0 Å². The summed E-state index contributed by atoms with van der Waals surface area (Å²) in [5, 5.41) is 0. The molecule has 0 atom stereocenters. The van der Waals surface area contributed by atoms with E-state index in [0.717, 1.165) is 11.1 Å². The van der Waals surface area contributed by atoms with Crippen LogP contribution in [-0.2, 0) is 10.0 Å². The predicted octanol–water partition coefficient (Wildman–Crippen LogP) is 2.16. The fraction of sp³-hybridized carbons (Fsp3) is 0.333. The molecule has 0 heterocycles. The fourth-order valence-corrected chi connectivity index (χ4v) is 2.75. The number of hydrogen-bond donors (Lipinski definition) is 1. The Morgan fingerprint density at radius 2 is 2.06 bits per heavy atom. The lowest BCUT2D eigenvalue weighted by Crippen LogP contribution is -2.25. The highest BCUT2D eigenvalue weighted by Gasteiger charge is 2.15. The van der Waals surface area contributed by atoms with E-state index < -0.39 is 10.0 Å². The van der Waals surface area contributed by atoms with Crippen LogP contribution in [0.4, 0.5) is 0 Å². The molecule has 4 heteroatoms. The number of aryl methyl sites for hydroxylation is 2. The second kappa shape index (κ2) is 5.27. The maximum Gasteiger partial charge on any atom is 0.240 e. The van der Waals surface area contributed by atoms with Crippen LogP contribution in [0.25, 0.3) is 0 Å². The van der Waals surface area contributed by atoms with E-state index in [4.69, 9.17) is 0 Å². The molecule has 1 rings (SSSR count). The lowest BCUT2D eigenvalue weighted by atomic mass is 10.2. The molecule has 1 aromatic carbocycles. The molecule has 0 saturated heterocycles. The normalized spacial score (nSPS) is 11.4. The van der Waals surface area contributed by atoms with Gasteiger partial charge in [0.05, 0.1) is 4.90 Å². The predicted molar refractivity (Wildman–Crippen MR) is 65.9 cm³/mol. The van der Waals surface area contributed by atoms with E-state index in [9.17, 15) is 8.42 Å². The zero-order chi connectivity index (χ0) is 12.2. The standard InChI is InChI=1S/C12H17NO2S/c1-4-5-8-13-16(14,15)12-7-6-10(2)9-11(12)3/h4,6-7,9,13H,1,5,8H2,2-3H3. The van der Waals surface area contributed by atoms with Crippen LogP contribution in [-0.4, -0.2) is 15.0 Å². The summed E-state index contributed by atoms with van der Waals surface area (Å²) in [5.41, 5.74) is 1.83. The highest BCUT2D eigenvalue weighted by atomic mass is 32.2. The third-order valence-corrected chi connectivity index (χ3v) is 3.88. The number of sulfonamides is 1. The topological polar surface area (TPSA) is 46.2 Å². The molecule has 16 heavy (non-hydrogen) atoms. The average Bonchev–Trinajstić information content (AvgIpc) is 2.17. The molecule has 0 fully saturated rings. The lowest BCUT2D eigenvalue weighted by Gasteiger charge is -2.09. The summed E-state index contributed by atoms with van der Waals surface area (Å²) in [6.07, 6.45) is 2.31. The molecule has 0 aromatic heterocycles. The van der Waals surface area contributed by atoms with Crippen LogP contribution >= 0.6 is 0 Å². The van der Waals surface area contributed by atoms with Gasteiger partial charge in [-0.2, -0.15) is 0 Å². The van der Waals surface area contributed by atoms with E-state index in [1.807, 2.05) is 13.0 Å². The molecule has 1 aromatic rings. The minimum Gasteiger partial charge on any atom is -0.211 e. The largest absolute Gasteiger partial charge is 0.240 e. The molecule has 88 valence electrons. The summed E-state index contributed by atoms with van der Waals surface area (Å²) in [6.45, 7) is 7.68. The van der Waals surface area contributed by atoms with Crippen molar-refractivity contribution in [3.63, 3.8) is 0 Å². The second-order valence-corrected chi connectivity index (χ2v) is 5.48. The molecule has 0 amide bonds. The van der Waals surface area contributed by atoms with Crippen LogP contribution in [0.1, 0.15) is 17.5 Å². The molecular weight excluding hydrogens is 222 g/mol. The van der Waals surface area contributed by atoms with E-state index >= 15 is 0 Å². The van der Waals surface area contributed by atoms with Crippen LogP contribution in [0.2, 0.25) is 0 Å². The zero-order valence-electron chi connectivity index (χ0n) is 9.66. The van der Waals surface area contributed by atoms with Crippen molar-refractivity contribution in [1.82, 2.24) is 4.72 Å². The third kappa shape index (κ3) is 3.18. The van der Waals surface area contributed by atoms with Gasteiger partial charge in [0.2, 0.25) is 10.0 Å². The Kier molecular flexibility index (Phi) is 4.26. The van der Waals surface area contributed by atoms with E-state index in [1.54, 1.807) is 25.1 Å². The van der Waals surface area contributed by atoms with Crippen LogP contribution in [0.15, 0.2) is 35.7 Å². The van der Waals surface area contributed by atoms with Crippen molar-refractivity contribution in [3.8, 4) is 0 Å². The van der Waals surface area contributed by atoms with Gasteiger partial charge in [-0.05, 0) is 31.9 Å². The SMILES string of the molecule is C=CCCNS(=O)(=O)c1ccc(C)cc1C. The van der Waals surface area contributed by atoms with Gasteiger partial charge in [-0.15, -0.1) is 6.58 Å². The van der Waals surface area contributed by atoms with Crippen LogP contribution in [0, 0.1) is 13.8 Å². The molecule has 0 aliphatic rings. The smallest absolute Gasteiger partial charge is 0.211 e. The number of benzene rings is 1. The van der Waals surface area contributed by atoms with E-state index in [2.05, 4.69) is 11.3 Å². The van der Waals surface area contributed by atoms with E-state index in [0.29, 0.717) is 17.9 Å². The first-order valence-corrected chi connectivity index (χ1v) is 6.63. The van der Waals surface area contributed by atoms with Crippen LogP contribution in [0.3, 0.4) is 0 Å². The maximum atomic E-state index is 11.9. The molecular formula is C12H17NO2S. The maximum absolute atomic E-state index is 11.9. The summed E-state index contributed by atoms with van der Waals surface area (Å²) < 4.78 is 26.3. The second-order valence-electron chi connectivity index (χ2n) is 3.74. The van der Waals surface area contributed by atoms with Gasteiger partial charge in [0.25, 0.3) is 0 Å². The molecule has 1 N–H and O–H groups in total. The number of nitrogens with one attached hydrogen (secondary N) is 1. The summed E-state index contributed by atoms with van der Waals surface area (Å²) in [5.74, 6) is 0. The van der Waals surface area contributed by atoms with Gasteiger partial charge >= 0.3 is 0 Å². The molecule has 0 saturated carbocycles. The van der Waals surface area contributed by atoms with Crippen molar-refractivity contribution in [3.05, 3.63) is 42.0 Å². The summed E-state index contributed by atoms with van der Waals surface area (Å²) in [6, 6.07) is 5.30.